The number of rotatable bonds is 1. The van der Waals surface area contributed by atoms with E-state index in [1.807, 2.05) is 20.8 Å². The number of hydrogen-bond donors (Lipinski definition) is 2. The fourth-order valence-corrected chi connectivity index (χ4v) is 0.627. The number of hydrazone groups is 1. The molecule has 10 heavy (non-hydrogen) atoms. The van der Waals surface area contributed by atoms with Crippen LogP contribution >= 0.6 is 0 Å². The second-order valence-electron chi connectivity index (χ2n) is 3.09. The maximum atomic E-state index is 10.6. The molecule has 0 fully saturated rings. The van der Waals surface area contributed by atoms with E-state index in [1.165, 1.54) is 0 Å². The first-order chi connectivity index (χ1) is 4.39. The van der Waals surface area contributed by atoms with Crippen LogP contribution in [0.2, 0.25) is 0 Å². The lowest BCUT2D eigenvalue weighted by molar-refractivity contribution is -0.112. The molecular formula is C6H13N3O. The summed E-state index contributed by atoms with van der Waals surface area (Å²) in [5.41, 5.74) is 4.84. The van der Waals surface area contributed by atoms with E-state index >= 15 is 0 Å². The van der Waals surface area contributed by atoms with Gasteiger partial charge in [-0.15, -0.1) is 0 Å². The van der Waals surface area contributed by atoms with E-state index in [4.69, 9.17) is 11.6 Å². The number of carbonyl (C=O) groups excluding carboxylic acids is 1. The number of nitrogens with two attached hydrogens (primary N) is 2. The summed E-state index contributed by atoms with van der Waals surface area (Å²) >= 11 is 0. The minimum Gasteiger partial charge on any atom is -0.364 e. The van der Waals surface area contributed by atoms with E-state index in [0.717, 1.165) is 0 Å². The fourth-order valence-electron chi connectivity index (χ4n) is 0.627. The van der Waals surface area contributed by atoms with Gasteiger partial charge in [-0.3, -0.25) is 4.79 Å². The first kappa shape index (κ1) is 8.94. The van der Waals surface area contributed by atoms with Crippen LogP contribution in [0.15, 0.2) is 5.10 Å². The molecule has 0 bridgehead atoms. The third-order valence-corrected chi connectivity index (χ3v) is 1.07. The second kappa shape index (κ2) is 2.68. The third kappa shape index (κ3) is 2.05. The van der Waals surface area contributed by atoms with Crippen LogP contribution < -0.4 is 11.6 Å². The minimum absolute atomic E-state index is 0.215. The molecule has 0 aliphatic heterocycles. The van der Waals surface area contributed by atoms with Crippen LogP contribution in [0.4, 0.5) is 0 Å². The number of hydrogen-bond acceptors (Lipinski definition) is 3. The Morgan fingerprint density at radius 2 is 1.80 bits per heavy atom. The van der Waals surface area contributed by atoms with Crippen molar-refractivity contribution in [3.8, 4) is 0 Å². The monoisotopic (exact) mass is 143 g/mol. The lowest BCUT2D eigenvalue weighted by atomic mass is 9.90. The van der Waals surface area contributed by atoms with E-state index < -0.39 is 5.91 Å². The summed E-state index contributed by atoms with van der Waals surface area (Å²) in [6.07, 6.45) is 0. The van der Waals surface area contributed by atoms with Gasteiger partial charge in [0, 0.05) is 5.41 Å². The van der Waals surface area contributed by atoms with Gasteiger partial charge in [0.2, 0.25) is 0 Å². The van der Waals surface area contributed by atoms with Crippen LogP contribution in [0, 0.1) is 5.41 Å². The summed E-state index contributed by atoms with van der Waals surface area (Å²) in [6, 6.07) is 0. The maximum Gasteiger partial charge on any atom is 0.265 e. The van der Waals surface area contributed by atoms with Gasteiger partial charge in [-0.05, 0) is 0 Å². The molecule has 0 rings (SSSR count). The van der Waals surface area contributed by atoms with Crippen molar-refractivity contribution >= 4 is 11.6 Å². The van der Waals surface area contributed by atoms with Crippen LogP contribution in [0.5, 0.6) is 0 Å². The lowest BCUT2D eigenvalue weighted by Gasteiger charge is -2.16. The van der Waals surface area contributed by atoms with Gasteiger partial charge >= 0.3 is 0 Å². The van der Waals surface area contributed by atoms with Gasteiger partial charge in [0.05, 0.1) is 0 Å². The zero-order chi connectivity index (χ0) is 8.36. The number of primary amides is 1. The zero-order valence-corrected chi connectivity index (χ0v) is 6.51. The molecule has 0 aliphatic carbocycles. The molecule has 0 radical (unpaired) electrons. The Bertz CT molecular complexity index is 166. The largest absolute Gasteiger partial charge is 0.364 e. The molecule has 0 aromatic heterocycles. The van der Waals surface area contributed by atoms with E-state index in [9.17, 15) is 4.79 Å². The standard InChI is InChI=1S/C6H13N3O/c1-6(2,3)4(9-8)5(7)10/h8H2,1-3H3,(H2,7,10)/b9-4+. The molecule has 0 aliphatic rings. The van der Waals surface area contributed by atoms with Crippen LogP contribution in [0.25, 0.3) is 0 Å². The van der Waals surface area contributed by atoms with Gasteiger partial charge in [0.15, 0.2) is 0 Å². The molecule has 0 atom stereocenters. The highest BCUT2D eigenvalue weighted by Crippen LogP contribution is 2.14. The highest BCUT2D eigenvalue weighted by molar-refractivity contribution is 6.39. The average Bonchev–Trinajstić information content (AvgIpc) is 1.60. The molecule has 0 aromatic carbocycles. The molecule has 0 saturated heterocycles. The first-order valence-corrected chi connectivity index (χ1v) is 2.97. The number of carbonyl (C=O) groups is 1. The van der Waals surface area contributed by atoms with E-state index in [1.54, 1.807) is 0 Å². The second-order valence-corrected chi connectivity index (χ2v) is 3.09. The molecule has 0 heterocycles. The normalized spacial score (nSPS) is 13.3. The van der Waals surface area contributed by atoms with E-state index in [2.05, 4.69) is 5.10 Å². The topological polar surface area (TPSA) is 81.5 Å². The summed E-state index contributed by atoms with van der Waals surface area (Å²) in [5.74, 6) is 4.39. The van der Waals surface area contributed by atoms with Crippen LogP contribution in [0.1, 0.15) is 20.8 Å². The Kier molecular flexibility index (Phi) is 2.40. The number of amides is 1. The molecule has 0 aromatic rings. The van der Waals surface area contributed by atoms with Crippen molar-refractivity contribution in [1.82, 2.24) is 0 Å². The Morgan fingerprint density at radius 1 is 1.40 bits per heavy atom. The number of nitrogens with zero attached hydrogens (tertiary/aromatic N) is 1. The molecule has 4 nitrogen and oxygen atoms in total. The zero-order valence-electron chi connectivity index (χ0n) is 6.51. The molecule has 0 unspecified atom stereocenters. The van der Waals surface area contributed by atoms with Gasteiger partial charge in [-0.2, -0.15) is 5.10 Å². The first-order valence-electron chi connectivity index (χ1n) is 2.97. The molecule has 0 saturated carbocycles. The molecule has 4 N–H and O–H groups in total. The average molecular weight is 143 g/mol. The van der Waals surface area contributed by atoms with Gasteiger partial charge in [-0.25, -0.2) is 0 Å². The summed E-state index contributed by atoms with van der Waals surface area (Å²) < 4.78 is 0. The highest BCUT2D eigenvalue weighted by Gasteiger charge is 2.23. The van der Waals surface area contributed by atoms with Gasteiger partial charge in [0.1, 0.15) is 5.71 Å². The summed E-state index contributed by atoms with van der Waals surface area (Å²) in [7, 11) is 0. The summed E-state index contributed by atoms with van der Waals surface area (Å²) in [6.45, 7) is 5.47. The Hall–Kier alpha value is -1.06. The van der Waals surface area contributed by atoms with Crippen molar-refractivity contribution in [2.45, 2.75) is 20.8 Å². The minimum atomic E-state index is -0.560. The predicted octanol–water partition coefficient (Wildman–Crippen LogP) is -0.168. The SMILES string of the molecule is CC(C)(C)/C(=N/N)C(N)=O. The Balaban J connectivity index is 4.56. The lowest BCUT2D eigenvalue weighted by Crippen LogP contribution is -2.35. The smallest absolute Gasteiger partial charge is 0.265 e. The van der Waals surface area contributed by atoms with Crippen molar-refractivity contribution in [3.63, 3.8) is 0 Å². The van der Waals surface area contributed by atoms with Crippen molar-refractivity contribution in [2.24, 2.45) is 22.1 Å². The quantitative estimate of drug-likeness (QED) is 0.303. The molecule has 4 heteroatoms. The van der Waals surface area contributed by atoms with Gasteiger partial charge < -0.3 is 11.6 Å². The molecular weight excluding hydrogens is 130 g/mol. The molecule has 1 amide bonds. The summed E-state index contributed by atoms with van der Waals surface area (Å²) in [4.78, 5) is 10.6. The van der Waals surface area contributed by atoms with Crippen molar-refractivity contribution < 1.29 is 4.79 Å². The van der Waals surface area contributed by atoms with Gasteiger partial charge in [0.25, 0.3) is 5.91 Å². The van der Waals surface area contributed by atoms with Crippen molar-refractivity contribution in [1.29, 1.82) is 0 Å². The van der Waals surface area contributed by atoms with E-state index in [-0.39, 0.29) is 11.1 Å². The van der Waals surface area contributed by atoms with Crippen molar-refractivity contribution in [2.75, 3.05) is 0 Å². The maximum absolute atomic E-state index is 10.6. The summed E-state index contributed by atoms with van der Waals surface area (Å²) in [5, 5.41) is 3.30. The van der Waals surface area contributed by atoms with Crippen molar-refractivity contribution in [3.05, 3.63) is 0 Å². The third-order valence-electron chi connectivity index (χ3n) is 1.07. The fraction of sp³-hybridized carbons (Fsp3) is 0.667. The van der Waals surface area contributed by atoms with Crippen LogP contribution in [-0.2, 0) is 4.79 Å². The Morgan fingerprint density at radius 3 is 1.80 bits per heavy atom. The predicted molar refractivity (Wildman–Crippen MR) is 40.3 cm³/mol. The van der Waals surface area contributed by atoms with E-state index in [0.29, 0.717) is 0 Å². The molecule has 58 valence electrons. The van der Waals surface area contributed by atoms with Crippen LogP contribution in [0.3, 0.4) is 0 Å². The van der Waals surface area contributed by atoms with Gasteiger partial charge in [-0.1, -0.05) is 20.8 Å². The molecule has 0 spiro atoms. The highest BCUT2D eigenvalue weighted by atomic mass is 16.1. The Labute approximate surface area is 60.3 Å². The van der Waals surface area contributed by atoms with Crippen LogP contribution in [-0.4, -0.2) is 11.6 Å².